The summed E-state index contributed by atoms with van der Waals surface area (Å²) in [4.78, 5) is 40.5. The highest BCUT2D eigenvalue weighted by molar-refractivity contribution is 8.26. The summed E-state index contributed by atoms with van der Waals surface area (Å²) in [7, 11) is 0. The number of halogens is 6. The number of benzene rings is 1. The number of thiocarbonyl (C=S) groups is 1. The number of hydrogen-bond donors (Lipinski definition) is 2. The lowest BCUT2D eigenvalue weighted by Crippen LogP contribution is -2.30. The van der Waals surface area contributed by atoms with Crippen LogP contribution in [0.15, 0.2) is 41.3 Å². The number of carboxylic acid groups (broad SMARTS) is 1. The average Bonchev–Trinajstić information content (AvgIpc) is 3.11. The molecule has 1 aromatic carbocycles. The highest BCUT2D eigenvalue weighted by Crippen LogP contribution is 2.38. The van der Waals surface area contributed by atoms with Crippen LogP contribution in [0.2, 0.25) is 0 Å². The molecular weight excluding hydrogens is 572 g/mol. The van der Waals surface area contributed by atoms with Gasteiger partial charge in [-0.2, -0.15) is 26.3 Å². The van der Waals surface area contributed by atoms with Crippen LogP contribution in [0, 0.1) is 0 Å². The molecule has 2 heterocycles. The molecule has 0 unspecified atom stereocenters. The third-order valence-corrected chi connectivity index (χ3v) is 6.66. The quantitative estimate of drug-likeness (QED) is 0.175. The van der Waals surface area contributed by atoms with Crippen LogP contribution in [-0.4, -0.2) is 50.2 Å². The van der Waals surface area contributed by atoms with E-state index in [0.29, 0.717) is 25.0 Å². The van der Waals surface area contributed by atoms with Gasteiger partial charge in [-0.05, 0) is 49.2 Å². The van der Waals surface area contributed by atoms with Crippen LogP contribution < -0.4 is 5.32 Å². The van der Waals surface area contributed by atoms with Crippen molar-refractivity contribution in [1.82, 2.24) is 15.2 Å². The number of aromatic nitrogens is 1. The van der Waals surface area contributed by atoms with Crippen LogP contribution in [0.5, 0.6) is 0 Å². The zero-order valence-electron chi connectivity index (χ0n) is 19.7. The van der Waals surface area contributed by atoms with Crippen LogP contribution in [0.25, 0.3) is 17.3 Å². The van der Waals surface area contributed by atoms with E-state index < -0.39 is 53.4 Å². The van der Waals surface area contributed by atoms with Crippen molar-refractivity contribution in [1.29, 1.82) is 0 Å². The van der Waals surface area contributed by atoms with Crippen LogP contribution in [0.3, 0.4) is 0 Å². The highest BCUT2D eigenvalue weighted by Gasteiger charge is 2.37. The summed E-state index contributed by atoms with van der Waals surface area (Å²) in [6, 6.07) is 5.25. The minimum Gasteiger partial charge on any atom is -0.480 e. The number of carbonyl (C=O) groups excluding carboxylic acids is 2. The van der Waals surface area contributed by atoms with E-state index in [9.17, 15) is 40.7 Å². The van der Waals surface area contributed by atoms with E-state index in [-0.39, 0.29) is 39.6 Å². The Bertz CT molecular complexity index is 1300. The molecule has 3 rings (SSSR count). The van der Waals surface area contributed by atoms with E-state index in [1.807, 2.05) is 0 Å². The number of nitrogens with one attached hydrogen (secondary N) is 1. The predicted molar refractivity (Wildman–Crippen MR) is 134 cm³/mol. The second-order valence-corrected chi connectivity index (χ2v) is 9.88. The number of pyridine rings is 1. The fourth-order valence-corrected chi connectivity index (χ4v) is 4.73. The van der Waals surface area contributed by atoms with E-state index in [2.05, 4.69) is 10.3 Å². The van der Waals surface area contributed by atoms with Crippen molar-refractivity contribution in [3.05, 3.63) is 58.1 Å². The summed E-state index contributed by atoms with van der Waals surface area (Å²) in [5, 5.41) is 10.8. The zero-order valence-corrected chi connectivity index (χ0v) is 21.4. The second-order valence-electron chi connectivity index (χ2n) is 8.20. The molecule has 0 spiro atoms. The Kier molecular flexibility index (Phi) is 9.38. The highest BCUT2D eigenvalue weighted by atomic mass is 32.2. The van der Waals surface area contributed by atoms with E-state index in [0.717, 1.165) is 11.8 Å². The monoisotopic (exact) mass is 591 g/mol. The molecule has 208 valence electrons. The molecule has 0 bridgehead atoms. The summed E-state index contributed by atoms with van der Waals surface area (Å²) in [6.07, 6.45) is -7.87. The van der Waals surface area contributed by atoms with Gasteiger partial charge >= 0.3 is 18.3 Å². The zero-order chi connectivity index (χ0) is 29.0. The Hall–Kier alpha value is -3.46. The van der Waals surface area contributed by atoms with Gasteiger partial charge in [0.25, 0.3) is 5.91 Å². The minimum absolute atomic E-state index is 0.0289. The average molecular weight is 592 g/mol. The number of rotatable bonds is 9. The lowest BCUT2D eigenvalue weighted by molar-refractivity contribution is -0.143. The molecule has 2 aromatic rings. The van der Waals surface area contributed by atoms with Gasteiger partial charge in [-0.15, -0.1) is 0 Å². The molecular formula is C24H19F6N3O4S2. The van der Waals surface area contributed by atoms with Crippen molar-refractivity contribution < 1.29 is 45.8 Å². The van der Waals surface area contributed by atoms with E-state index in [1.165, 1.54) is 29.2 Å². The Morgan fingerprint density at radius 2 is 1.69 bits per heavy atom. The number of aliphatic carboxylic acids is 1. The van der Waals surface area contributed by atoms with Crippen molar-refractivity contribution in [3.63, 3.8) is 0 Å². The molecule has 2 N–H and O–H groups in total. The Labute approximate surface area is 227 Å². The standard InChI is InChI=1S/C24H19F6N3O4S2/c25-23(26,27)14-8-13(9-15(10-14)24(28,29)30)17-5-3-4-16(32-17)11-18-21(37)33(22(38)39-18)7-2-1-6-19(34)31-12-20(35)36/h3-5,8-11H,1-2,6-7,12H2,(H,31,34)(H,35,36). The molecule has 1 fully saturated rings. The smallest absolute Gasteiger partial charge is 0.416 e. The first-order chi connectivity index (χ1) is 18.1. The Morgan fingerprint density at radius 1 is 1.05 bits per heavy atom. The number of carboxylic acids is 1. The maximum atomic E-state index is 13.2. The van der Waals surface area contributed by atoms with Gasteiger partial charge in [0.05, 0.1) is 27.4 Å². The molecule has 7 nitrogen and oxygen atoms in total. The van der Waals surface area contributed by atoms with Gasteiger partial charge in [0.2, 0.25) is 5.91 Å². The van der Waals surface area contributed by atoms with Gasteiger partial charge in [0, 0.05) is 18.5 Å². The van der Waals surface area contributed by atoms with Gasteiger partial charge < -0.3 is 10.4 Å². The first-order valence-electron chi connectivity index (χ1n) is 11.2. The molecule has 0 aliphatic carbocycles. The van der Waals surface area contributed by atoms with Crippen LogP contribution in [0.1, 0.15) is 36.1 Å². The number of hydrogen-bond acceptors (Lipinski definition) is 6. The fourth-order valence-electron chi connectivity index (χ4n) is 3.44. The number of carbonyl (C=O) groups is 3. The van der Waals surface area contributed by atoms with Crippen molar-refractivity contribution in [2.24, 2.45) is 0 Å². The van der Waals surface area contributed by atoms with Gasteiger partial charge in [0.1, 0.15) is 10.9 Å². The number of alkyl halides is 6. The largest absolute Gasteiger partial charge is 0.480 e. The van der Waals surface area contributed by atoms with Gasteiger partial charge in [0.15, 0.2) is 0 Å². The lowest BCUT2D eigenvalue weighted by Gasteiger charge is -2.14. The Balaban J connectivity index is 1.74. The minimum atomic E-state index is -5.01. The molecule has 0 atom stereocenters. The number of nitrogens with zero attached hydrogens (tertiary/aromatic N) is 2. The van der Waals surface area contributed by atoms with Crippen LogP contribution in [0.4, 0.5) is 26.3 Å². The van der Waals surface area contributed by atoms with Crippen molar-refractivity contribution in [2.75, 3.05) is 13.1 Å². The maximum Gasteiger partial charge on any atom is 0.416 e. The maximum absolute atomic E-state index is 13.2. The molecule has 1 aliphatic rings. The van der Waals surface area contributed by atoms with Gasteiger partial charge in [-0.3, -0.25) is 19.3 Å². The Morgan fingerprint density at radius 3 is 2.28 bits per heavy atom. The van der Waals surface area contributed by atoms with Crippen LogP contribution >= 0.6 is 24.0 Å². The summed E-state index contributed by atoms with van der Waals surface area (Å²) >= 11 is 6.18. The normalized spacial score (nSPS) is 15.2. The van der Waals surface area contributed by atoms with Crippen molar-refractivity contribution in [2.45, 2.75) is 31.6 Å². The number of thioether (sulfide) groups is 1. The van der Waals surface area contributed by atoms with Crippen molar-refractivity contribution >= 4 is 52.2 Å². The fraction of sp³-hybridized carbons (Fsp3) is 0.292. The molecule has 39 heavy (non-hydrogen) atoms. The molecule has 0 radical (unpaired) electrons. The summed E-state index contributed by atoms with van der Waals surface area (Å²) < 4.78 is 79.6. The first kappa shape index (κ1) is 30.1. The lowest BCUT2D eigenvalue weighted by atomic mass is 10.0. The molecule has 15 heteroatoms. The van der Waals surface area contributed by atoms with Gasteiger partial charge in [-0.25, -0.2) is 4.98 Å². The number of amides is 2. The topological polar surface area (TPSA) is 99.6 Å². The van der Waals surface area contributed by atoms with E-state index >= 15 is 0 Å². The predicted octanol–water partition coefficient (Wildman–Crippen LogP) is 5.36. The van der Waals surface area contributed by atoms with Gasteiger partial charge in [-0.1, -0.05) is 30.0 Å². The summed E-state index contributed by atoms with van der Waals surface area (Å²) in [6.45, 7) is -0.309. The molecule has 2 amide bonds. The molecule has 1 aliphatic heterocycles. The summed E-state index contributed by atoms with van der Waals surface area (Å²) in [5.74, 6) is -2.09. The third kappa shape index (κ3) is 8.26. The molecule has 1 saturated heterocycles. The van der Waals surface area contributed by atoms with E-state index in [1.54, 1.807) is 0 Å². The van der Waals surface area contributed by atoms with Crippen LogP contribution in [-0.2, 0) is 26.7 Å². The SMILES string of the molecule is O=C(O)CNC(=O)CCCCN1C(=O)C(=Cc2cccc(-c3cc(C(F)(F)F)cc(C(F)(F)F)c3)n2)SC1=S. The van der Waals surface area contributed by atoms with E-state index in [4.69, 9.17) is 17.3 Å². The third-order valence-electron chi connectivity index (χ3n) is 5.28. The molecule has 0 saturated carbocycles. The molecule has 1 aromatic heterocycles. The summed E-state index contributed by atoms with van der Waals surface area (Å²) in [5.41, 5.74) is -3.38. The second kappa shape index (κ2) is 12.2. The van der Waals surface area contributed by atoms with Crippen molar-refractivity contribution in [3.8, 4) is 11.3 Å². The first-order valence-corrected chi connectivity index (χ1v) is 12.4. The number of unbranched alkanes of at least 4 members (excludes halogenated alkanes) is 1.